The van der Waals surface area contributed by atoms with Gasteiger partial charge in [-0.25, -0.2) is 4.98 Å². The van der Waals surface area contributed by atoms with Crippen LogP contribution in [-0.2, 0) is 0 Å². The van der Waals surface area contributed by atoms with Crippen LogP contribution in [0.4, 0.5) is 0 Å². The molecular weight excluding hydrogens is 250 g/mol. The Morgan fingerprint density at radius 1 is 1.29 bits per heavy atom. The van der Waals surface area contributed by atoms with Crippen LogP contribution in [0.3, 0.4) is 0 Å². The minimum Gasteiger partial charge on any atom is -0.301 e. The molecule has 0 aromatic carbocycles. The van der Waals surface area contributed by atoms with Crippen LogP contribution in [0.1, 0.15) is 40.3 Å². The molecule has 2 aromatic rings. The van der Waals surface area contributed by atoms with Gasteiger partial charge in [0.2, 0.25) is 0 Å². The molecule has 0 bridgehead atoms. The number of hydrogen-bond acceptors (Lipinski definition) is 5. The lowest BCUT2D eigenvalue weighted by molar-refractivity contribution is 0.531. The van der Waals surface area contributed by atoms with Crippen LogP contribution in [0.15, 0.2) is 11.7 Å². The van der Waals surface area contributed by atoms with Crippen molar-refractivity contribution in [2.75, 3.05) is 0 Å². The summed E-state index contributed by atoms with van der Waals surface area (Å²) in [6.45, 7) is 8.49. The van der Waals surface area contributed by atoms with Crippen LogP contribution >= 0.6 is 22.7 Å². The summed E-state index contributed by atoms with van der Waals surface area (Å²) < 4.78 is 0. The van der Waals surface area contributed by atoms with E-state index in [9.17, 15) is 0 Å². The molecule has 0 amide bonds. The van der Waals surface area contributed by atoms with E-state index < -0.39 is 0 Å². The first-order chi connectivity index (χ1) is 8.08. The lowest BCUT2D eigenvalue weighted by Gasteiger charge is -2.17. The van der Waals surface area contributed by atoms with Crippen molar-refractivity contribution in [2.45, 2.75) is 39.8 Å². The highest BCUT2D eigenvalue weighted by Gasteiger charge is 2.20. The maximum absolute atomic E-state index is 4.65. The Bertz CT molecular complexity index is 454. The van der Waals surface area contributed by atoms with Gasteiger partial charge in [-0.2, -0.15) is 0 Å². The van der Waals surface area contributed by atoms with Gasteiger partial charge in [-0.1, -0.05) is 0 Å². The summed E-state index contributed by atoms with van der Waals surface area (Å²) in [5.41, 5.74) is 3.00. The number of nitrogens with zero attached hydrogens (tertiary/aromatic N) is 2. The summed E-state index contributed by atoms with van der Waals surface area (Å²) >= 11 is 3.44. The van der Waals surface area contributed by atoms with E-state index in [-0.39, 0.29) is 6.04 Å². The quantitative estimate of drug-likeness (QED) is 0.923. The smallest absolute Gasteiger partial charge is 0.116 e. The third-order valence-electron chi connectivity index (χ3n) is 2.53. The van der Waals surface area contributed by atoms with Gasteiger partial charge in [-0.05, 0) is 27.7 Å². The molecular formula is C12H17N3S2. The van der Waals surface area contributed by atoms with Gasteiger partial charge in [-0.3, -0.25) is 4.98 Å². The number of thiazole rings is 2. The lowest BCUT2D eigenvalue weighted by atomic mass is 10.2. The van der Waals surface area contributed by atoms with Crippen molar-refractivity contribution in [1.29, 1.82) is 0 Å². The molecule has 0 fully saturated rings. The van der Waals surface area contributed by atoms with Crippen molar-refractivity contribution in [3.05, 3.63) is 32.2 Å². The average Bonchev–Trinajstić information content (AvgIpc) is 2.86. The summed E-state index contributed by atoms with van der Waals surface area (Å²) in [5, 5.41) is 4.69. The second kappa shape index (κ2) is 5.25. The minimum absolute atomic E-state index is 0.180. The number of rotatable bonds is 4. The molecule has 1 atom stereocenters. The average molecular weight is 267 g/mol. The van der Waals surface area contributed by atoms with Gasteiger partial charge in [0.1, 0.15) is 5.01 Å². The summed E-state index contributed by atoms with van der Waals surface area (Å²) in [6.07, 6.45) is 1.93. The van der Waals surface area contributed by atoms with Crippen molar-refractivity contribution in [3.63, 3.8) is 0 Å². The fourth-order valence-corrected chi connectivity index (χ4v) is 3.36. The van der Waals surface area contributed by atoms with Gasteiger partial charge in [0.15, 0.2) is 0 Å². The number of nitrogens with one attached hydrogen (secondary N) is 1. The van der Waals surface area contributed by atoms with Gasteiger partial charge in [0.05, 0.1) is 17.2 Å². The summed E-state index contributed by atoms with van der Waals surface area (Å²) in [6, 6.07) is 0.603. The van der Waals surface area contributed by atoms with E-state index in [1.54, 1.807) is 22.7 Å². The van der Waals surface area contributed by atoms with E-state index in [4.69, 9.17) is 0 Å². The van der Waals surface area contributed by atoms with Crippen molar-refractivity contribution in [1.82, 2.24) is 15.3 Å². The molecule has 0 saturated carbocycles. The Labute approximate surface area is 110 Å². The van der Waals surface area contributed by atoms with Crippen molar-refractivity contribution < 1.29 is 0 Å². The van der Waals surface area contributed by atoms with Crippen LogP contribution in [0.25, 0.3) is 0 Å². The standard InChI is InChI=1S/C12H17N3S2/c1-7(2)14-11(10-5-13-6-16-10)12-15-8(3)9(4)17-12/h5-7,11,14H,1-4H3. The highest BCUT2D eigenvalue weighted by atomic mass is 32.1. The number of aromatic nitrogens is 2. The molecule has 0 spiro atoms. The molecule has 0 aliphatic rings. The molecule has 3 nitrogen and oxygen atoms in total. The summed E-state index contributed by atoms with van der Waals surface area (Å²) in [5.74, 6) is 0. The first kappa shape index (κ1) is 12.7. The Morgan fingerprint density at radius 3 is 2.53 bits per heavy atom. The Morgan fingerprint density at radius 2 is 2.06 bits per heavy atom. The number of hydrogen-bond donors (Lipinski definition) is 1. The van der Waals surface area contributed by atoms with Gasteiger partial charge < -0.3 is 5.32 Å². The zero-order valence-electron chi connectivity index (χ0n) is 10.5. The first-order valence-electron chi connectivity index (χ1n) is 5.66. The zero-order chi connectivity index (χ0) is 12.4. The minimum atomic E-state index is 0.180. The fourth-order valence-electron chi connectivity index (χ4n) is 1.60. The van der Waals surface area contributed by atoms with Gasteiger partial charge in [0, 0.05) is 22.0 Å². The third kappa shape index (κ3) is 2.91. The maximum atomic E-state index is 4.65. The van der Waals surface area contributed by atoms with Gasteiger partial charge in [0.25, 0.3) is 0 Å². The number of aryl methyl sites for hydroxylation is 2. The van der Waals surface area contributed by atoms with E-state index in [1.165, 1.54) is 9.75 Å². The molecule has 2 rings (SSSR count). The van der Waals surface area contributed by atoms with E-state index in [2.05, 4.69) is 43.0 Å². The van der Waals surface area contributed by atoms with Crippen molar-refractivity contribution in [2.24, 2.45) is 0 Å². The van der Waals surface area contributed by atoms with E-state index in [1.807, 2.05) is 11.7 Å². The van der Waals surface area contributed by atoms with Gasteiger partial charge >= 0.3 is 0 Å². The van der Waals surface area contributed by atoms with Crippen LogP contribution in [0.2, 0.25) is 0 Å². The molecule has 0 aliphatic carbocycles. The molecule has 92 valence electrons. The van der Waals surface area contributed by atoms with E-state index >= 15 is 0 Å². The first-order valence-corrected chi connectivity index (χ1v) is 7.36. The molecule has 0 radical (unpaired) electrons. The van der Waals surface area contributed by atoms with Crippen LogP contribution in [-0.4, -0.2) is 16.0 Å². The highest BCUT2D eigenvalue weighted by Crippen LogP contribution is 2.30. The van der Waals surface area contributed by atoms with Crippen molar-refractivity contribution >= 4 is 22.7 Å². The maximum Gasteiger partial charge on any atom is 0.116 e. The topological polar surface area (TPSA) is 37.8 Å². The molecule has 2 aromatic heterocycles. The molecule has 5 heteroatoms. The Kier molecular flexibility index (Phi) is 3.91. The Hall–Kier alpha value is -0.780. The monoisotopic (exact) mass is 267 g/mol. The normalized spacial score (nSPS) is 13.2. The van der Waals surface area contributed by atoms with Crippen LogP contribution < -0.4 is 5.32 Å². The van der Waals surface area contributed by atoms with E-state index in [0.29, 0.717) is 6.04 Å². The zero-order valence-corrected chi connectivity index (χ0v) is 12.2. The van der Waals surface area contributed by atoms with E-state index in [0.717, 1.165) is 10.7 Å². The molecule has 0 saturated heterocycles. The third-order valence-corrected chi connectivity index (χ3v) is 4.51. The SMILES string of the molecule is Cc1nc(C(NC(C)C)c2cncs2)sc1C. The van der Waals surface area contributed by atoms with Crippen LogP contribution in [0, 0.1) is 13.8 Å². The molecule has 0 aliphatic heterocycles. The predicted octanol–water partition coefficient (Wildman–Crippen LogP) is 3.30. The lowest BCUT2D eigenvalue weighted by Crippen LogP contribution is -2.28. The van der Waals surface area contributed by atoms with Crippen molar-refractivity contribution in [3.8, 4) is 0 Å². The second-order valence-corrected chi connectivity index (χ2v) is 6.50. The molecule has 2 heterocycles. The van der Waals surface area contributed by atoms with Crippen LogP contribution in [0.5, 0.6) is 0 Å². The largest absolute Gasteiger partial charge is 0.301 e. The molecule has 1 unspecified atom stereocenters. The summed E-state index contributed by atoms with van der Waals surface area (Å²) in [4.78, 5) is 11.3. The Balaban J connectivity index is 2.33. The predicted molar refractivity (Wildman–Crippen MR) is 73.8 cm³/mol. The molecule has 17 heavy (non-hydrogen) atoms. The van der Waals surface area contributed by atoms with Gasteiger partial charge in [-0.15, -0.1) is 22.7 Å². The fraction of sp³-hybridized carbons (Fsp3) is 0.500. The summed E-state index contributed by atoms with van der Waals surface area (Å²) in [7, 11) is 0. The second-order valence-electron chi connectivity index (χ2n) is 4.35. The highest BCUT2D eigenvalue weighted by molar-refractivity contribution is 7.12. The molecule has 1 N–H and O–H groups in total.